The first kappa shape index (κ1) is 27.5. The van der Waals surface area contributed by atoms with E-state index < -0.39 is 0 Å². The Morgan fingerprint density at radius 2 is 1.65 bits per heavy atom. The number of nitrogens with zero attached hydrogens (tertiary/aromatic N) is 3. The van der Waals surface area contributed by atoms with Crippen LogP contribution in [0.25, 0.3) is 0 Å². The molecule has 0 saturated heterocycles. The summed E-state index contributed by atoms with van der Waals surface area (Å²) in [5.74, 6) is 1.46. The predicted octanol–water partition coefficient (Wildman–Crippen LogP) is 4.74. The molecular weight excluding hydrogens is 432 g/mol. The second-order valence-corrected chi connectivity index (χ2v) is 8.59. The van der Waals surface area contributed by atoms with Crippen molar-refractivity contribution in [3.63, 3.8) is 0 Å². The highest BCUT2D eigenvalue weighted by Crippen LogP contribution is 2.36. The van der Waals surface area contributed by atoms with Crippen molar-refractivity contribution in [3.05, 3.63) is 36.2 Å². The van der Waals surface area contributed by atoms with Gasteiger partial charge >= 0.3 is 0 Å². The highest BCUT2D eigenvalue weighted by molar-refractivity contribution is 5.92. The molecule has 0 radical (unpaired) electrons. The van der Waals surface area contributed by atoms with Gasteiger partial charge < -0.3 is 24.4 Å². The number of hydrogen-bond donors (Lipinski definition) is 1. The molecule has 1 N–H and O–H groups in total. The van der Waals surface area contributed by atoms with Crippen molar-refractivity contribution in [1.82, 2.24) is 20.0 Å². The molecule has 8 nitrogen and oxygen atoms in total. The average molecular weight is 475 g/mol. The summed E-state index contributed by atoms with van der Waals surface area (Å²) in [6.45, 7) is 9.63. The highest BCUT2D eigenvalue weighted by Gasteiger charge is 2.16. The Bertz CT molecular complexity index is 823. The number of para-hydroxylation sites is 1. The molecule has 0 fully saturated rings. The maximum Gasteiger partial charge on any atom is 0.272 e. The first-order chi connectivity index (χ1) is 16.5. The molecule has 0 spiro atoms. The third-order valence-corrected chi connectivity index (χ3v) is 5.66. The SMILES string of the molecule is CCCCCN(CCCCC)CC(C)NC(=O)c1ccn(COc2c(OC)cccc2OC)n1. The first-order valence-corrected chi connectivity index (χ1v) is 12.4. The summed E-state index contributed by atoms with van der Waals surface area (Å²) < 4.78 is 18.2. The average Bonchev–Trinajstić information content (AvgIpc) is 3.31. The molecule has 1 heterocycles. The van der Waals surface area contributed by atoms with Crippen molar-refractivity contribution in [2.75, 3.05) is 33.9 Å². The number of carbonyl (C=O) groups is 1. The fourth-order valence-corrected chi connectivity index (χ4v) is 3.84. The third kappa shape index (κ3) is 8.89. The van der Waals surface area contributed by atoms with E-state index in [4.69, 9.17) is 14.2 Å². The maximum absolute atomic E-state index is 12.8. The van der Waals surface area contributed by atoms with Crippen LogP contribution in [0.5, 0.6) is 17.2 Å². The van der Waals surface area contributed by atoms with Crippen LogP contribution in [0.3, 0.4) is 0 Å². The first-order valence-electron chi connectivity index (χ1n) is 12.4. The van der Waals surface area contributed by atoms with Gasteiger partial charge in [-0.15, -0.1) is 0 Å². The zero-order valence-electron chi connectivity index (χ0n) is 21.5. The van der Waals surface area contributed by atoms with Crippen molar-refractivity contribution in [2.24, 2.45) is 0 Å². The Balaban J connectivity index is 1.90. The van der Waals surface area contributed by atoms with Crippen LogP contribution in [0.4, 0.5) is 0 Å². The summed E-state index contributed by atoms with van der Waals surface area (Å²) in [6.07, 6.45) is 9.03. The van der Waals surface area contributed by atoms with Gasteiger partial charge in [-0.25, -0.2) is 4.68 Å². The Kier molecular flexibility index (Phi) is 12.3. The molecule has 0 aliphatic carbocycles. The van der Waals surface area contributed by atoms with E-state index in [1.165, 1.54) is 38.5 Å². The van der Waals surface area contributed by atoms with Crippen LogP contribution in [-0.4, -0.2) is 60.5 Å². The fourth-order valence-electron chi connectivity index (χ4n) is 3.84. The van der Waals surface area contributed by atoms with Crippen molar-refractivity contribution < 1.29 is 19.0 Å². The van der Waals surface area contributed by atoms with Gasteiger partial charge in [-0.3, -0.25) is 4.79 Å². The Morgan fingerprint density at radius 1 is 1.03 bits per heavy atom. The molecule has 1 atom stereocenters. The molecule has 8 heteroatoms. The second kappa shape index (κ2) is 15.2. The largest absolute Gasteiger partial charge is 0.493 e. The van der Waals surface area contributed by atoms with E-state index in [0.29, 0.717) is 22.9 Å². The molecule has 2 aromatic rings. The molecule has 0 aliphatic heterocycles. The van der Waals surface area contributed by atoms with Crippen LogP contribution in [0.15, 0.2) is 30.5 Å². The van der Waals surface area contributed by atoms with Gasteiger partial charge in [0.05, 0.1) is 14.2 Å². The number of nitrogens with one attached hydrogen (secondary N) is 1. The Labute approximate surface area is 204 Å². The van der Waals surface area contributed by atoms with Gasteiger partial charge in [-0.2, -0.15) is 5.10 Å². The molecule has 34 heavy (non-hydrogen) atoms. The number of aromatic nitrogens is 2. The van der Waals surface area contributed by atoms with Gasteiger partial charge in [-0.05, 0) is 51.1 Å². The third-order valence-electron chi connectivity index (χ3n) is 5.66. The Morgan fingerprint density at radius 3 is 2.21 bits per heavy atom. The van der Waals surface area contributed by atoms with E-state index in [2.05, 4.69) is 36.1 Å². The van der Waals surface area contributed by atoms with Crippen molar-refractivity contribution in [3.8, 4) is 17.2 Å². The number of benzene rings is 1. The van der Waals surface area contributed by atoms with Crippen LogP contribution in [0.1, 0.15) is 69.8 Å². The number of unbranched alkanes of at least 4 members (excludes halogenated alkanes) is 4. The smallest absolute Gasteiger partial charge is 0.272 e. The zero-order valence-corrected chi connectivity index (χ0v) is 21.5. The number of carbonyl (C=O) groups excluding carboxylic acids is 1. The summed E-state index contributed by atoms with van der Waals surface area (Å²) in [7, 11) is 3.15. The fraction of sp³-hybridized carbons (Fsp3) is 0.615. The molecule has 0 aliphatic rings. The maximum atomic E-state index is 12.8. The van der Waals surface area contributed by atoms with Gasteiger partial charge in [0.2, 0.25) is 5.75 Å². The lowest BCUT2D eigenvalue weighted by Crippen LogP contribution is -2.42. The van der Waals surface area contributed by atoms with Crippen molar-refractivity contribution >= 4 is 5.91 Å². The van der Waals surface area contributed by atoms with Crippen LogP contribution in [-0.2, 0) is 6.73 Å². The minimum Gasteiger partial charge on any atom is -0.493 e. The summed E-state index contributed by atoms with van der Waals surface area (Å²) in [5.41, 5.74) is 0.367. The van der Waals surface area contributed by atoms with Crippen molar-refractivity contribution in [2.45, 2.75) is 72.1 Å². The quantitative estimate of drug-likeness (QED) is 0.334. The molecule has 2 rings (SSSR count). The lowest BCUT2D eigenvalue weighted by atomic mass is 10.2. The van der Waals surface area contributed by atoms with Gasteiger partial charge in [0.15, 0.2) is 18.2 Å². The zero-order chi connectivity index (χ0) is 24.8. The highest BCUT2D eigenvalue weighted by atomic mass is 16.5. The molecule has 1 unspecified atom stereocenters. The summed E-state index contributed by atoms with van der Waals surface area (Å²) in [6, 6.07) is 7.17. The molecule has 0 bridgehead atoms. The van der Waals surface area contributed by atoms with E-state index in [-0.39, 0.29) is 18.7 Å². The molecule has 1 aromatic carbocycles. The normalized spacial score (nSPS) is 11.9. The van der Waals surface area contributed by atoms with Gasteiger partial charge in [0.1, 0.15) is 5.69 Å². The predicted molar refractivity (Wildman–Crippen MR) is 135 cm³/mol. The Hall–Kier alpha value is -2.74. The van der Waals surface area contributed by atoms with Crippen LogP contribution in [0, 0.1) is 0 Å². The summed E-state index contributed by atoms with van der Waals surface area (Å²) in [5, 5.41) is 7.47. The number of ether oxygens (including phenoxy) is 3. The standard InChI is InChI=1S/C26H42N4O4/c1-6-8-10-16-29(17-11-9-7-2)19-21(3)27-26(31)22-15-18-30(28-22)20-34-25-23(32-4)13-12-14-24(25)33-5/h12-15,18,21H,6-11,16-17,19-20H2,1-5H3,(H,27,31). The lowest BCUT2D eigenvalue weighted by molar-refractivity contribution is 0.0921. The van der Waals surface area contributed by atoms with E-state index >= 15 is 0 Å². The number of rotatable bonds is 17. The summed E-state index contributed by atoms with van der Waals surface area (Å²) >= 11 is 0. The topological polar surface area (TPSA) is 77.9 Å². The molecule has 1 amide bonds. The van der Waals surface area contributed by atoms with Gasteiger partial charge in [0, 0.05) is 18.8 Å². The minimum absolute atomic E-state index is 0.0370. The van der Waals surface area contributed by atoms with Crippen LogP contribution < -0.4 is 19.5 Å². The number of methoxy groups -OCH3 is 2. The van der Waals surface area contributed by atoms with E-state index in [1.807, 2.05) is 6.07 Å². The van der Waals surface area contributed by atoms with Gasteiger partial charge in [-0.1, -0.05) is 45.6 Å². The van der Waals surface area contributed by atoms with Crippen LogP contribution >= 0.6 is 0 Å². The number of hydrogen-bond acceptors (Lipinski definition) is 6. The van der Waals surface area contributed by atoms with Gasteiger partial charge in [0.25, 0.3) is 5.91 Å². The molecule has 0 saturated carbocycles. The minimum atomic E-state index is -0.178. The van der Waals surface area contributed by atoms with E-state index in [0.717, 1.165) is 19.6 Å². The second-order valence-electron chi connectivity index (χ2n) is 8.59. The molecular formula is C26H42N4O4. The van der Waals surface area contributed by atoms with E-state index in [9.17, 15) is 4.79 Å². The summed E-state index contributed by atoms with van der Waals surface area (Å²) in [4.78, 5) is 15.2. The molecule has 1 aromatic heterocycles. The van der Waals surface area contributed by atoms with Crippen molar-refractivity contribution in [1.29, 1.82) is 0 Å². The number of amides is 1. The lowest BCUT2D eigenvalue weighted by Gasteiger charge is -2.26. The monoisotopic (exact) mass is 474 g/mol. The van der Waals surface area contributed by atoms with E-state index in [1.54, 1.807) is 43.3 Å². The molecule has 190 valence electrons. The van der Waals surface area contributed by atoms with Crippen LogP contribution in [0.2, 0.25) is 0 Å².